The van der Waals surface area contributed by atoms with Gasteiger partial charge >= 0.3 is 5.97 Å². The Morgan fingerprint density at radius 1 is 1.00 bits per heavy atom. The molecule has 1 aromatic heterocycles. The van der Waals surface area contributed by atoms with Crippen LogP contribution in [0.15, 0.2) is 72.9 Å². The third-order valence-corrected chi connectivity index (χ3v) is 3.98. The number of amides is 1. The van der Waals surface area contributed by atoms with Crippen molar-refractivity contribution in [3.63, 3.8) is 0 Å². The predicted octanol–water partition coefficient (Wildman–Crippen LogP) is 3.53. The minimum absolute atomic E-state index is 0.183. The van der Waals surface area contributed by atoms with E-state index in [1.54, 1.807) is 12.1 Å². The van der Waals surface area contributed by atoms with Crippen molar-refractivity contribution >= 4 is 11.9 Å². The normalized spacial score (nSPS) is 10.3. The molecule has 0 unspecified atom stereocenters. The Morgan fingerprint density at radius 2 is 1.81 bits per heavy atom. The highest BCUT2D eigenvalue weighted by Crippen LogP contribution is 2.18. The Bertz CT molecular complexity index is 922. The molecule has 0 saturated heterocycles. The Balaban J connectivity index is 1.51. The monoisotopic (exact) mass is 360 g/mol. The summed E-state index contributed by atoms with van der Waals surface area (Å²) in [5, 5.41) is 2.55. The van der Waals surface area contributed by atoms with E-state index >= 15 is 0 Å². The number of nitrogens with one attached hydrogen (secondary N) is 1. The van der Waals surface area contributed by atoms with Crippen LogP contribution in [0, 0.1) is 6.92 Å². The average Bonchev–Trinajstić information content (AvgIpc) is 2.71. The van der Waals surface area contributed by atoms with Crippen LogP contribution in [0.5, 0.6) is 0 Å². The number of hydrogen-bond donors (Lipinski definition) is 1. The molecule has 0 spiro atoms. The number of ether oxygens (including phenoxy) is 1. The van der Waals surface area contributed by atoms with Gasteiger partial charge in [-0.15, -0.1) is 0 Å². The van der Waals surface area contributed by atoms with Crippen molar-refractivity contribution in [1.29, 1.82) is 0 Å². The van der Waals surface area contributed by atoms with Crippen LogP contribution in [0.3, 0.4) is 0 Å². The first-order valence-electron chi connectivity index (χ1n) is 8.62. The third-order valence-electron chi connectivity index (χ3n) is 3.98. The van der Waals surface area contributed by atoms with Gasteiger partial charge in [0.1, 0.15) is 13.2 Å². The first kappa shape index (κ1) is 18.3. The fourth-order valence-corrected chi connectivity index (χ4v) is 2.55. The molecule has 5 heteroatoms. The molecule has 0 saturated carbocycles. The number of aryl methyl sites for hydroxylation is 1. The second-order valence-corrected chi connectivity index (χ2v) is 6.13. The number of esters is 1. The van der Waals surface area contributed by atoms with Crippen LogP contribution in [-0.2, 0) is 16.1 Å². The van der Waals surface area contributed by atoms with Gasteiger partial charge in [0.15, 0.2) is 0 Å². The SMILES string of the molecule is Cc1cccc(-c2ccc(C(=O)NCC(=O)OCc3ccccc3)cn2)c1. The van der Waals surface area contributed by atoms with Gasteiger partial charge in [0.2, 0.25) is 0 Å². The van der Waals surface area contributed by atoms with E-state index in [2.05, 4.69) is 10.3 Å². The van der Waals surface area contributed by atoms with E-state index in [0.29, 0.717) is 5.56 Å². The van der Waals surface area contributed by atoms with Crippen molar-refractivity contribution in [3.05, 3.63) is 89.6 Å². The molecule has 5 nitrogen and oxygen atoms in total. The molecule has 1 heterocycles. The first-order chi connectivity index (χ1) is 13.1. The van der Waals surface area contributed by atoms with Crippen LogP contribution >= 0.6 is 0 Å². The Kier molecular flexibility index (Phi) is 5.94. The van der Waals surface area contributed by atoms with Crippen LogP contribution < -0.4 is 5.32 Å². The van der Waals surface area contributed by atoms with Crippen molar-refractivity contribution in [2.45, 2.75) is 13.5 Å². The number of hydrogen-bond acceptors (Lipinski definition) is 4. The molecule has 1 amide bonds. The van der Waals surface area contributed by atoms with Gasteiger partial charge in [0.25, 0.3) is 5.91 Å². The Hall–Kier alpha value is -3.47. The van der Waals surface area contributed by atoms with Gasteiger partial charge in [-0.25, -0.2) is 0 Å². The molecule has 27 heavy (non-hydrogen) atoms. The molecule has 0 aliphatic heterocycles. The number of carbonyl (C=O) groups is 2. The lowest BCUT2D eigenvalue weighted by Gasteiger charge is -2.07. The zero-order chi connectivity index (χ0) is 19.1. The molecule has 136 valence electrons. The van der Waals surface area contributed by atoms with Crippen LogP contribution in [0.25, 0.3) is 11.3 Å². The lowest BCUT2D eigenvalue weighted by molar-refractivity contribution is -0.143. The summed E-state index contributed by atoms with van der Waals surface area (Å²) in [5.41, 5.74) is 4.21. The lowest BCUT2D eigenvalue weighted by atomic mass is 10.1. The average molecular weight is 360 g/mol. The number of aromatic nitrogens is 1. The standard InChI is InChI=1S/C22H20N2O3/c1-16-6-5-9-18(12-16)20-11-10-19(13-23-20)22(26)24-14-21(25)27-15-17-7-3-2-4-8-17/h2-13H,14-15H2,1H3,(H,24,26). The number of rotatable bonds is 6. The van der Waals surface area contributed by atoms with Crippen LogP contribution in [-0.4, -0.2) is 23.4 Å². The number of nitrogens with zero attached hydrogens (tertiary/aromatic N) is 1. The van der Waals surface area contributed by atoms with Crippen LogP contribution in [0.2, 0.25) is 0 Å². The zero-order valence-corrected chi connectivity index (χ0v) is 15.0. The molecule has 3 aromatic rings. The highest BCUT2D eigenvalue weighted by Gasteiger charge is 2.10. The van der Waals surface area contributed by atoms with Gasteiger partial charge in [-0.2, -0.15) is 0 Å². The topological polar surface area (TPSA) is 68.3 Å². The molecular formula is C22H20N2O3. The molecule has 0 radical (unpaired) electrons. The minimum atomic E-state index is -0.489. The maximum Gasteiger partial charge on any atom is 0.325 e. The molecular weight excluding hydrogens is 340 g/mol. The summed E-state index contributed by atoms with van der Waals surface area (Å²) < 4.78 is 5.13. The molecule has 1 N–H and O–H groups in total. The van der Waals surface area contributed by atoms with E-state index in [9.17, 15) is 9.59 Å². The molecule has 0 bridgehead atoms. The van der Waals surface area contributed by atoms with Crippen molar-refractivity contribution in [2.24, 2.45) is 0 Å². The van der Waals surface area contributed by atoms with Crippen molar-refractivity contribution in [1.82, 2.24) is 10.3 Å². The van der Waals surface area contributed by atoms with Crippen molar-refractivity contribution < 1.29 is 14.3 Å². The fraction of sp³-hybridized carbons (Fsp3) is 0.136. The summed E-state index contributed by atoms with van der Waals surface area (Å²) in [6, 6.07) is 20.8. The Morgan fingerprint density at radius 3 is 2.52 bits per heavy atom. The summed E-state index contributed by atoms with van der Waals surface area (Å²) in [5.74, 6) is -0.855. The first-order valence-corrected chi connectivity index (χ1v) is 8.62. The smallest absolute Gasteiger partial charge is 0.325 e. The molecule has 0 atom stereocenters. The van der Waals surface area contributed by atoms with E-state index in [1.165, 1.54) is 6.20 Å². The minimum Gasteiger partial charge on any atom is -0.460 e. The second kappa shape index (κ2) is 8.76. The van der Waals surface area contributed by atoms with Gasteiger partial charge in [0.05, 0.1) is 11.3 Å². The molecule has 0 fully saturated rings. The zero-order valence-electron chi connectivity index (χ0n) is 15.0. The highest BCUT2D eigenvalue weighted by molar-refractivity contribution is 5.95. The summed E-state index contributed by atoms with van der Waals surface area (Å²) in [7, 11) is 0. The number of pyridine rings is 1. The number of benzene rings is 2. The highest BCUT2D eigenvalue weighted by atomic mass is 16.5. The second-order valence-electron chi connectivity index (χ2n) is 6.13. The van der Waals surface area contributed by atoms with Crippen LogP contribution in [0.1, 0.15) is 21.5 Å². The van der Waals surface area contributed by atoms with Crippen molar-refractivity contribution in [3.8, 4) is 11.3 Å². The lowest BCUT2D eigenvalue weighted by Crippen LogP contribution is -2.30. The summed E-state index contributed by atoms with van der Waals surface area (Å²) in [4.78, 5) is 28.3. The molecule has 0 aliphatic carbocycles. The van der Waals surface area contributed by atoms with Gasteiger partial charge in [-0.1, -0.05) is 54.1 Å². The molecule has 3 rings (SSSR count). The summed E-state index contributed by atoms with van der Waals surface area (Å²) >= 11 is 0. The van der Waals surface area contributed by atoms with E-state index < -0.39 is 5.97 Å². The Labute approximate surface area is 158 Å². The maximum absolute atomic E-state index is 12.2. The summed E-state index contributed by atoms with van der Waals surface area (Å²) in [6.07, 6.45) is 1.50. The van der Waals surface area contributed by atoms with Gasteiger partial charge in [-0.05, 0) is 30.7 Å². The third kappa shape index (κ3) is 5.25. The van der Waals surface area contributed by atoms with E-state index in [1.807, 2.05) is 61.5 Å². The van der Waals surface area contributed by atoms with Gasteiger partial charge < -0.3 is 10.1 Å². The summed E-state index contributed by atoms with van der Waals surface area (Å²) in [6.45, 7) is 2.01. The molecule has 2 aromatic carbocycles. The van der Waals surface area contributed by atoms with E-state index in [0.717, 1.165) is 22.4 Å². The maximum atomic E-state index is 12.2. The molecule has 0 aliphatic rings. The van der Waals surface area contributed by atoms with Crippen molar-refractivity contribution in [2.75, 3.05) is 6.54 Å². The fourth-order valence-electron chi connectivity index (χ4n) is 2.55. The van der Waals surface area contributed by atoms with Crippen LogP contribution in [0.4, 0.5) is 0 Å². The quantitative estimate of drug-likeness (QED) is 0.683. The van der Waals surface area contributed by atoms with E-state index in [4.69, 9.17) is 4.74 Å². The van der Waals surface area contributed by atoms with Gasteiger partial charge in [0, 0.05) is 11.8 Å². The predicted molar refractivity (Wildman–Crippen MR) is 103 cm³/mol. The largest absolute Gasteiger partial charge is 0.460 e. The van der Waals surface area contributed by atoms with Gasteiger partial charge in [-0.3, -0.25) is 14.6 Å². The van der Waals surface area contributed by atoms with E-state index in [-0.39, 0.29) is 19.1 Å². The number of carbonyl (C=O) groups excluding carboxylic acids is 2.